The van der Waals surface area contributed by atoms with E-state index in [0.717, 1.165) is 11.3 Å². The van der Waals surface area contributed by atoms with Gasteiger partial charge in [-0.2, -0.15) is 5.10 Å². The molecule has 0 fully saturated rings. The monoisotopic (exact) mass is 384 g/mol. The van der Waals surface area contributed by atoms with Crippen molar-refractivity contribution in [2.75, 3.05) is 6.61 Å². The van der Waals surface area contributed by atoms with Gasteiger partial charge in [-0.15, -0.1) is 0 Å². The molecule has 27 heavy (non-hydrogen) atoms. The first-order valence-electron chi connectivity index (χ1n) is 8.20. The van der Waals surface area contributed by atoms with Gasteiger partial charge < -0.3 is 10.1 Å². The van der Waals surface area contributed by atoms with Gasteiger partial charge in [0.15, 0.2) is 6.61 Å². The fourth-order valence-electron chi connectivity index (χ4n) is 2.49. The lowest BCUT2D eigenvalue weighted by Gasteiger charge is -2.15. The molecule has 8 heteroatoms. The van der Waals surface area contributed by atoms with E-state index in [1.807, 2.05) is 25.1 Å². The summed E-state index contributed by atoms with van der Waals surface area (Å²) < 4.78 is 6.64. The van der Waals surface area contributed by atoms with Crippen LogP contribution in [0.1, 0.15) is 28.9 Å². The molecule has 2 aromatic carbocycles. The standard InChI is InChI=1S/C19H17ClN4O3/c1-13(16-4-2-3-5-17(16)20)23-18(25)10-27-19(26)14-6-8-15(9-7-14)24-12-21-11-22-24/h2-9,11-13H,10H2,1H3,(H,23,25)/t13-/m0/s1. The molecule has 3 rings (SSSR count). The number of nitrogens with one attached hydrogen (secondary N) is 1. The summed E-state index contributed by atoms with van der Waals surface area (Å²) in [5, 5.41) is 7.32. The van der Waals surface area contributed by atoms with Crippen molar-refractivity contribution < 1.29 is 14.3 Å². The zero-order valence-electron chi connectivity index (χ0n) is 14.5. The molecule has 1 N–H and O–H groups in total. The van der Waals surface area contributed by atoms with Crippen LogP contribution in [-0.4, -0.2) is 33.2 Å². The molecule has 1 heterocycles. The van der Waals surface area contributed by atoms with Crippen LogP contribution in [0.25, 0.3) is 5.69 Å². The van der Waals surface area contributed by atoms with E-state index in [9.17, 15) is 9.59 Å². The van der Waals surface area contributed by atoms with Crippen molar-refractivity contribution in [2.24, 2.45) is 0 Å². The number of nitrogens with zero attached hydrogens (tertiary/aromatic N) is 3. The van der Waals surface area contributed by atoms with Crippen molar-refractivity contribution in [2.45, 2.75) is 13.0 Å². The first-order chi connectivity index (χ1) is 13.0. The second-order valence-corrected chi connectivity index (χ2v) is 6.18. The summed E-state index contributed by atoms with van der Waals surface area (Å²) in [5.41, 5.74) is 1.89. The summed E-state index contributed by atoms with van der Waals surface area (Å²) in [6.07, 6.45) is 2.97. The van der Waals surface area contributed by atoms with Crippen molar-refractivity contribution in [3.8, 4) is 5.69 Å². The molecule has 0 saturated heterocycles. The normalized spacial score (nSPS) is 11.6. The number of rotatable bonds is 6. The minimum absolute atomic E-state index is 0.299. The second-order valence-electron chi connectivity index (χ2n) is 5.77. The van der Waals surface area contributed by atoms with Crippen LogP contribution in [0.15, 0.2) is 61.2 Å². The topological polar surface area (TPSA) is 86.1 Å². The molecule has 138 valence electrons. The Hall–Kier alpha value is -3.19. The lowest BCUT2D eigenvalue weighted by Crippen LogP contribution is -2.31. The maximum atomic E-state index is 12.1. The summed E-state index contributed by atoms with van der Waals surface area (Å²) in [5.74, 6) is -0.990. The van der Waals surface area contributed by atoms with Crippen LogP contribution in [0, 0.1) is 0 Å². The first kappa shape index (κ1) is 18.6. The highest BCUT2D eigenvalue weighted by Crippen LogP contribution is 2.21. The third kappa shape index (κ3) is 4.71. The number of carbonyl (C=O) groups excluding carboxylic acids is 2. The minimum Gasteiger partial charge on any atom is -0.452 e. The minimum atomic E-state index is -0.583. The zero-order valence-corrected chi connectivity index (χ0v) is 15.3. The van der Waals surface area contributed by atoms with Crippen LogP contribution in [0.5, 0.6) is 0 Å². The van der Waals surface area contributed by atoms with E-state index < -0.39 is 11.9 Å². The Morgan fingerprint density at radius 2 is 1.93 bits per heavy atom. The number of hydrogen-bond acceptors (Lipinski definition) is 5. The van der Waals surface area contributed by atoms with Gasteiger partial charge in [-0.1, -0.05) is 29.8 Å². The summed E-state index contributed by atoms with van der Waals surface area (Å²) in [4.78, 5) is 28.0. The third-order valence-corrected chi connectivity index (χ3v) is 4.21. The molecule has 0 aliphatic heterocycles. The Labute approximate surface area is 160 Å². The molecule has 0 radical (unpaired) electrons. The van der Waals surface area contributed by atoms with E-state index in [2.05, 4.69) is 15.4 Å². The number of benzene rings is 2. The number of halogens is 1. The van der Waals surface area contributed by atoms with Gasteiger partial charge in [0.2, 0.25) is 0 Å². The molecular weight excluding hydrogens is 368 g/mol. The molecule has 0 saturated carbocycles. The molecule has 7 nitrogen and oxygen atoms in total. The van der Waals surface area contributed by atoms with Crippen LogP contribution in [0.3, 0.4) is 0 Å². The van der Waals surface area contributed by atoms with Crippen LogP contribution in [-0.2, 0) is 9.53 Å². The van der Waals surface area contributed by atoms with Crippen molar-refractivity contribution in [3.63, 3.8) is 0 Å². The van der Waals surface area contributed by atoms with Gasteiger partial charge in [0.1, 0.15) is 12.7 Å². The van der Waals surface area contributed by atoms with E-state index in [4.69, 9.17) is 16.3 Å². The van der Waals surface area contributed by atoms with E-state index in [1.165, 1.54) is 6.33 Å². The first-order valence-corrected chi connectivity index (χ1v) is 8.58. The average Bonchev–Trinajstić information content (AvgIpc) is 3.21. The van der Waals surface area contributed by atoms with Crippen LogP contribution < -0.4 is 5.32 Å². The highest BCUT2D eigenvalue weighted by Gasteiger charge is 2.15. The molecular formula is C19H17ClN4O3. The van der Waals surface area contributed by atoms with Gasteiger partial charge in [-0.25, -0.2) is 14.5 Å². The largest absolute Gasteiger partial charge is 0.452 e. The number of esters is 1. The summed E-state index contributed by atoms with van der Waals surface area (Å²) in [6.45, 7) is 1.43. The lowest BCUT2D eigenvalue weighted by molar-refractivity contribution is -0.124. The maximum Gasteiger partial charge on any atom is 0.338 e. The third-order valence-electron chi connectivity index (χ3n) is 3.87. The molecule has 0 aliphatic carbocycles. The van der Waals surface area contributed by atoms with Crippen LogP contribution in [0.4, 0.5) is 0 Å². The Kier molecular flexibility index (Phi) is 5.83. The molecule has 3 aromatic rings. The predicted octanol–water partition coefficient (Wildman–Crippen LogP) is 2.95. The zero-order chi connectivity index (χ0) is 19.2. The molecule has 0 spiro atoms. The maximum absolute atomic E-state index is 12.1. The summed E-state index contributed by atoms with van der Waals surface area (Å²) in [7, 11) is 0. The number of amides is 1. The van der Waals surface area contributed by atoms with E-state index in [-0.39, 0.29) is 12.6 Å². The number of aromatic nitrogens is 3. The molecule has 0 bridgehead atoms. The lowest BCUT2D eigenvalue weighted by atomic mass is 10.1. The van der Waals surface area contributed by atoms with Gasteiger partial charge in [-0.05, 0) is 42.8 Å². The molecule has 1 aromatic heterocycles. The number of ether oxygens (including phenoxy) is 1. The van der Waals surface area contributed by atoms with Crippen molar-refractivity contribution >= 4 is 23.5 Å². The van der Waals surface area contributed by atoms with E-state index >= 15 is 0 Å². The van der Waals surface area contributed by atoms with Crippen LogP contribution in [0.2, 0.25) is 5.02 Å². The van der Waals surface area contributed by atoms with Gasteiger partial charge in [0.05, 0.1) is 17.3 Å². The summed E-state index contributed by atoms with van der Waals surface area (Å²) >= 11 is 6.11. The predicted molar refractivity (Wildman–Crippen MR) is 99.7 cm³/mol. The summed E-state index contributed by atoms with van der Waals surface area (Å²) in [6, 6.07) is 13.6. The van der Waals surface area contributed by atoms with Crippen molar-refractivity contribution in [1.82, 2.24) is 20.1 Å². The Balaban J connectivity index is 1.52. The van der Waals surface area contributed by atoms with Crippen molar-refractivity contribution in [3.05, 3.63) is 77.3 Å². The van der Waals surface area contributed by atoms with Gasteiger partial charge >= 0.3 is 5.97 Å². The average molecular weight is 385 g/mol. The van der Waals surface area contributed by atoms with Gasteiger partial charge in [0, 0.05) is 5.02 Å². The Morgan fingerprint density at radius 3 is 2.59 bits per heavy atom. The SMILES string of the molecule is C[C@H](NC(=O)COC(=O)c1ccc(-n2cncn2)cc1)c1ccccc1Cl. The van der Waals surface area contributed by atoms with Crippen LogP contribution >= 0.6 is 11.6 Å². The molecule has 1 amide bonds. The fraction of sp³-hybridized carbons (Fsp3) is 0.158. The fourth-order valence-corrected chi connectivity index (χ4v) is 2.79. The molecule has 0 unspecified atom stereocenters. The smallest absolute Gasteiger partial charge is 0.338 e. The highest BCUT2D eigenvalue weighted by atomic mass is 35.5. The van der Waals surface area contributed by atoms with E-state index in [0.29, 0.717) is 10.6 Å². The van der Waals surface area contributed by atoms with E-state index in [1.54, 1.807) is 41.3 Å². The number of hydrogen-bond donors (Lipinski definition) is 1. The second kappa shape index (κ2) is 8.46. The van der Waals surface area contributed by atoms with Crippen molar-refractivity contribution in [1.29, 1.82) is 0 Å². The highest BCUT2D eigenvalue weighted by molar-refractivity contribution is 6.31. The Morgan fingerprint density at radius 1 is 1.19 bits per heavy atom. The number of carbonyl (C=O) groups is 2. The van der Waals surface area contributed by atoms with Gasteiger partial charge in [-0.3, -0.25) is 4.79 Å². The molecule has 1 atom stereocenters. The van der Waals surface area contributed by atoms with Gasteiger partial charge in [0.25, 0.3) is 5.91 Å². The Bertz CT molecular complexity index is 926. The quantitative estimate of drug-likeness (QED) is 0.660. The molecule has 0 aliphatic rings.